The van der Waals surface area contributed by atoms with Crippen LogP contribution in [0.4, 0.5) is 0 Å². The van der Waals surface area contributed by atoms with E-state index in [4.69, 9.17) is 0 Å². The number of pyridine rings is 1. The van der Waals surface area contributed by atoms with Crippen molar-refractivity contribution in [3.05, 3.63) is 41.7 Å². The molecule has 0 bridgehead atoms. The molecular weight excluding hydrogens is 364 g/mol. The van der Waals surface area contributed by atoms with Gasteiger partial charge in [-0.25, -0.2) is 0 Å². The molecule has 1 saturated heterocycles. The van der Waals surface area contributed by atoms with Gasteiger partial charge in [0.05, 0.1) is 12.1 Å². The molecule has 29 heavy (non-hydrogen) atoms. The van der Waals surface area contributed by atoms with Crippen LogP contribution in [0.5, 0.6) is 0 Å². The predicted octanol–water partition coefficient (Wildman–Crippen LogP) is 2.56. The lowest BCUT2D eigenvalue weighted by Gasteiger charge is -2.43. The highest BCUT2D eigenvalue weighted by molar-refractivity contribution is 5.98. The van der Waals surface area contributed by atoms with Gasteiger partial charge in [0.2, 0.25) is 5.91 Å². The van der Waals surface area contributed by atoms with Crippen LogP contribution in [0.2, 0.25) is 0 Å². The number of likely N-dealkylation sites (N-methyl/N-ethyl adjacent to an activating group) is 1. The molecule has 2 aromatic rings. The number of carbonyl (C=O) groups is 2. The maximum Gasteiger partial charge on any atom is 0.254 e. The lowest BCUT2D eigenvalue weighted by molar-refractivity contribution is -0.140. The Morgan fingerprint density at radius 3 is 2.59 bits per heavy atom. The summed E-state index contributed by atoms with van der Waals surface area (Å²) in [5, 5.41) is 2.08. The van der Waals surface area contributed by atoms with Crippen LogP contribution in [0.25, 0.3) is 10.8 Å². The quantitative estimate of drug-likeness (QED) is 0.800. The summed E-state index contributed by atoms with van der Waals surface area (Å²) in [6, 6.07) is 7.82. The summed E-state index contributed by atoms with van der Waals surface area (Å²) in [4.78, 5) is 36.5. The van der Waals surface area contributed by atoms with Crippen molar-refractivity contribution >= 4 is 22.6 Å². The Balaban J connectivity index is 1.53. The summed E-state index contributed by atoms with van der Waals surface area (Å²) in [7, 11) is 3.87. The molecule has 0 radical (unpaired) electrons. The van der Waals surface area contributed by atoms with Gasteiger partial charge in [0.15, 0.2) is 0 Å². The summed E-state index contributed by atoms with van der Waals surface area (Å²) in [5.74, 6) is 0.752. The van der Waals surface area contributed by atoms with Crippen LogP contribution < -0.4 is 0 Å². The zero-order chi connectivity index (χ0) is 20.7. The number of fused-ring (bicyclic) bond motifs is 1. The molecule has 0 spiro atoms. The third-order valence-corrected chi connectivity index (χ3v) is 6.39. The number of aryl methyl sites for hydroxylation is 1. The van der Waals surface area contributed by atoms with E-state index in [1.165, 1.54) is 0 Å². The van der Waals surface area contributed by atoms with Crippen LogP contribution in [0, 0.1) is 12.8 Å². The number of rotatable bonds is 4. The van der Waals surface area contributed by atoms with Gasteiger partial charge in [-0.15, -0.1) is 0 Å². The summed E-state index contributed by atoms with van der Waals surface area (Å²) < 4.78 is 0. The van der Waals surface area contributed by atoms with Gasteiger partial charge in [0.1, 0.15) is 0 Å². The Labute approximate surface area is 172 Å². The molecule has 1 aromatic carbocycles. The Morgan fingerprint density at radius 1 is 1.14 bits per heavy atom. The number of piperazine rings is 1. The molecule has 2 amide bonds. The van der Waals surface area contributed by atoms with Gasteiger partial charge >= 0.3 is 0 Å². The highest BCUT2D eigenvalue weighted by atomic mass is 16.2. The van der Waals surface area contributed by atoms with E-state index in [1.807, 2.05) is 73.1 Å². The standard InChI is InChI=1S/C23H30N4O2/c1-15-11-20-12-18(7-8-19(20)13-24-15)23(29)26-9-10-27(21(14-26)17-5-6-17)22(28)16(2)25(3)4/h7-8,11-13,16-17,21H,5-6,9-10,14H2,1-4H3/t16-,21?/m0/s1. The molecule has 6 heteroatoms. The SMILES string of the molecule is Cc1cc2cc(C(=O)N3CCN(C(=O)[C@H](C)N(C)C)C(C4CC4)C3)ccc2cn1. The van der Waals surface area contributed by atoms with Crippen LogP contribution >= 0.6 is 0 Å². The smallest absolute Gasteiger partial charge is 0.254 e. The average molecular weight is 395 g/mol. The van der Waals surface area contributed by atoms with Crippen molar-refractivity contribution < 1.29 is 9.59 Å². The van der Waals surface area contributed by atoms with Crippen LogP contribution in [0.1, 0.15) is 35.8 Å². The largest absolute Gasteiger partial charge is 0.335 e. The minimum absolute atomic E-state index is 0.0553. The van der Waals surface area contributed by atoms with Crippen LogP contribution in [0.15, 0.2) is 30.5 Å². The maximum atomic E-state index is 13.2. The van der Waals surface area contributed by atoms with Crippen LogP contribution in [-0.4, -0.2) is 77.3 Å². The number of hydrogen-bond donors (Lipinski definition) is 0. The van der Waals surface area contributed by atoms with Crippen molar-refractivity contribution in [2.75, 3.05) is 33.7 Å². The molecule has 154 valence electrons. The van der Waals surface area contributed by atoms with Crippen molar-refractivity contribution in [1.82, 2.24) is 19.7 Å². The Bertz CT molecular complexity index is 938. The third kappa shape index (κ3) is 3.99. The summed E-state index contributed by atoms with van der Waals surface area (Å²) in [6.45, 7) is 5.74. The second-order valence-corrected chi connectivity index (χ2v) is 8.71. The molecule has 1 aromatic heterocycles. The van der Waals surface area contributed by atoms with Crippen molar-refractivity contribution in [2.45, 2.75) is 38.8 Å². The van der Waals surface area contributed by atoms with Crippen LogP contribution in [0.3, 0.4) is 0 Å². The highest BCUT2D eigenvalue weighted by Crippen LogP contribution is 2.37. The van der Waals surface area contributed by atoms with E-state index in [1.54, 1.807) is 0 Å². The second kappa shape index (κ2) is 7.75. The van der Waals surface area contributed by atoms with Crippen molar-refractivity contribution in [2.24, 2.45) is 5.92 Å². The number of aromatic nitrogens is 1. The molecule has 1 aliphatic heterocycles. The van der Waals surface area contributed by atoms with E-state index < -0.39 is 0 Å². The number of benzene rings is 1. The van der Waals surface area contributed by atoms with Gasteiger partial charge in [0.25, 0.3) is 5.91 Å². The zero-order valence-electron chi connectivity index (χ0n) is 17.8. The molecule has 4 rings (SSSR count). The van der Waals surface area contributed by atoms with Crippen molar-refractivity contribution in [3.63, 3.8) is 0 Å². The summed E-state index contributed by atoms with van der Waals surface area (Å²) in [5.41, 5.74) is 1.65. The van der Waals surface area contributed by atoms with E-state index in [-0.39, 0.29) is 23.9 Å². The molecule has 1 saturated carbocycles. The summed E-state index contributed by atoms with van der Waals surface area (Å²) >= 11 is 0. The molecule has 0 N–H and O–H groups in total. The van der Waals surface area contributed by atoms with Gasteiger partial charge in [0, 0.05) is 42.5 Å². The first-order valence-corrected chi connectivity index (χ1v) is 10.5. The zero-order valence-corrected chi connectivity index (χ0v) is 17.8. The summed E-state index contributed by atoms with van der Waals surface area (Å²) in [6.07, 6.45) is 4.14. The Kier molecular flexibility index (Phi) is 5.30. The molecule has 6 nitrogen and oxygen atoms in total. The fourth-order valence-corrected chi connectivity index (χ4v) is 4.18. The van der Waals surface area contributed by atoms with E-state index in [0.717, 1.165) is 29.3 Å². The van der Waals surface area contributed by atoms with E-state index in [9.17, 15) is 9.59 Å². The number of amides is 2. The normalized spacial score (nSPS) is 20.9. The van der Waals surface area contributed by atoms with Gasteiger partial charge < -0.3 is 9.80 Å². The number of nitrogens with zero attached hydrogens (tertiary/aromatic N) is 4. The molecule has 2 heterocycles. The fourth-order valence-electron chi connectivity index (χ4n) is 4.18. The maximum absolute atomic E-state index is 13.2. The monoisotopic (exact) mass is 394 g/mol. The lowest BCUT2D eigenvalue weighted by atomic mass is 10.0. The molecule has 2 atom stereocenters. The Morgan fingerprint density at radius 2 is 1.90 bits per heavy atom. The van der Waals surface area contributed by atoms with E-state index in [2.05, 4.69) is 4.98 Å². The molecule has 2 aliphatic rings. The topological polar surface area (TPSA) is 56.8 Å². The number of carbonyl (C=O) groups excluding carboxylic acids is 2. The van der Waals surface area contributed by atoms with Crippen molar-refractivity contribution in [3.8, 4) is 0 Å². The van der Waals surface area contributed by atoms with Gasteiger partial charge in [-0.05, 0) is 70.3 Å². The third-order valence-electron chi connectivity index (χ3n) is 6.39. The van der Waals surface area contributed by atoms with Crippen LogP contribution in [-0.2, 0) is 4.79 Å². The first-order chi connectivity index (χ1) is 13.8. The average Bonchev–Trinajstić information content (AvgIpc) is 3.56. The number of hydrogen-bond acceptors (Lipinski definition) is 4. The predicted molar refractivity (Wildman–Crippen MR) is 114 cm³/mol. The van der Waals surface area contributed by atoms with Crippen molar-refractivity contribution in [1.29, 1.82) is 0 Å². The van der Waals surface area contributed by atoms with Gasteiger partial charge in [-0.2, -0.15) is 0 Å². The van der Waals surface area contributed by atoms with Gasteiger partial charge in [-0.1, -0.05) is 6.07 Å². The first kappa shape index (κ1) is 19.8. The molecule has 2 fully saturated rings. The lowest BCUT2D eigenvalue weighted by Crippen LogP contribution is -2.60. The second-order valence-electron chi connectivity index (χ2n) is 8.71. The molecular formula is C23H30N4O2. The molecule has 1 unspecified atom stereocenters. The van der Waals surface area contributed by atoms with E-state index >= 15 is 0 Å². The highest BCUT2D eigenvalue weighted by Gasteiger charge is 2.42. The Hall–Kier alpha value is -2.47. The first-order valence-electron chi connectivity index (χ1n) is 10.5. The van der Waals surface area contributed by atoms with Gasteiger partial charge in [-0.3, -0.25) is 19.5 Å². The van der Waals surface area contributed by atoms with E-state index in [0.29, 0.717) is 31.1 Å². The minimum Gasteiger partial charge on any atom is -0.335 e. The minimum atomic E-state index is -0.143. The fraction of sp³-hybridized carbons (Fsp3) is 0.522. The molecule has 1 aliphatic carbocycles.